The minimum atomic E-state index is -0.927. The van der Waals surface area contributed by atoms with Gasteiger partial charge in [0.15, 0.2) is 6.10 Å². The number of thioether (sulfide) groups is 1. The first-order chi connectivity index (χ1) is 10.3. The molecule has 0 radical (unpaired) electrons. The van der Waals surface area contributed by atoms with Gasteiger partial charge in [0, 0.05) is 11.4 Å². The average molecular weight is 331 g/mol. The van der Waals surface area contributed by atoms with E-state index < -0.39 is 23.7 Å². The number of nitrogens with one attached hydrogen (secondary N) is 1. The van der Waals surface area contributed by atoms with Crippen molar-refractivity contribution in [1.29, 1.82) is 0 Å². The van der Waals surface area contributed by atoms with Crippen LogP contribution in [0.1, 0.15) is 20.8 Å². The lowest BCUT2D eigenvalue weighted by molar-refractivity contribution is -0.152. The molecule has 7 heteroatoms. The molecule has 0 saturated carbocycles. The smallest absolute Gasteiger partial charge is 0.317 e. The van der Waals surface area contributed by atoms with Crippen LogP contribution in [-0.2, 0) is 14.3 Å². The van der Waals surface area contributed by atoms with E-state index in [9.17, 15) is 18.4 Å². The first-order valence-corrected chi connectivity index (χ1v) is 7.83. The highest BCUT2D eigenvalue weighted by atomic mass is 32.2. The lowest BCUT2D eigenvalue weighted by atomic mass is 10.2. The molecule has 0 unspecified atom stereocenters. The molecular formula is C15H19F2NO3S. The van der Waals surface area contributed by atoms with E-state index in [1.54, 1.807) is 0 Å². The fourth-order valence-corrected chi connectivity index (χ4v) is 2.20. The molecular weight excluding hydrogens is 312 g/mol. The van der Waals surface area contributed by atoms with Crippen LogP contribution in [0, 0.1) is 17.6 Å². The van der Waals surface area contributed by atoms with E-state index in [4.69, 9.17) is 4.74 Å². The molecule has 22 heavy (non-hydrogen) atoms. The Hall–Kier alpha value is -1.63. The van der Waals surface area contributed by atoms with Crippen LogP contribution >= 0.6 is 11.8 Å². The molecule has 0 heterocycles. The number of benzene rings is 1. The van der Waals surface area contributed by atoms with E-state index in [1.807, 2.05) is 13.8 Å². The van der Waals surface area contributed by atoms with Crippen molar-refractivity contribution in [2.24, 2.45) is 5.92 Å². The van der Waals surface area contributed by atoms with Gasteiger partial charge < -0.3 is 10.1 Å². The van der Waals surface area contributed by atoms with Crippen LogP contribution in [0.15, 0.2) is 23.1 Å². The van der Waals surface area contributed by atoms with Gasteiger partial charge in [0.2, 0.25) is 0 Å². The summed E-state index contributed by atoms with van der Waals surface area (Å²) in [6.45, 7) is 5.84. The number of ether oxygens (including phenoxy) is 1. The first kappa shape index (κ1) is 18.4. The third kappa shape index (κ3) is 6.43. The molecule has 0 aliphatic heterocycles. The fraction of sp³-hybridized carbons (Fsp3) is 0.467. The zero-order valence-electron chi connectivity index (χ0n) is 12.7. The van der Waals surface area contributed by atoms with Crippen molar-refractivity contribution < 1.29 is 23.1 Å². The van der Waals surface area contributed by atoms with Gasteiger partial charge in [-0.2, -0.15) is 0 Å². The normalized spacial score (nSPS) is 12.1. The number of hydrogen-bond donors (Lipinski definition) is 1. The largest absolute Gasteiger partial charge is 0.452 e. The van der Waals surface area contributed by atoms with Gasteiger partial charge in [-0.1, -0.05) is 13.8 Å². The zero-order chi connectivity index (χ0) is 16.7. The molecule has 1 aromatic rings. The summed E-state index contributed by atoms with van der Waals surface area (Å²) in [5.74, 6) is -2.16. The van der Waals surface area contributed by atoms with Gasteiger partial charge in [-0.3, -0.25) is 9.59 Å². The van der Waals surface area contributed by atoms with Crippen molar-refractivity contribution in [2.75, 3.05) is 12.3 Å². The lowest BCUT2D eigenvalue weighted by Gasteiger charge is -2.14. The standard InChI is InChI=1S/C15H19F2NO3S/c1-9(2)7-18-15(20)10(3)21-14(19)8-22-13-6-11(16)4-5-12(13)17/h4-6,9-10H,7-8H2,1-3H3,(H,18,20)/t10-/m1/s1. The van der Waals surface area contributed by atoms with Gasteiger partial charge in [0.05, 0.1) is 5.75 Å². The lowest BCUT2D eigenvalue weighted by Crippen LogP contribution is -2.37. The Morgan fingerprint density at radius 1 is 1.27 bits per heavy atom. The summed E-state index contributed by atoms with van der Waals surface area (Å²) in [5, 5.41) is 2.65. The highest BCUT2D eigenvalue weighted by Gasteiger charge is 2.18. The van der Waals surface area contributed by atoms with E-state index in [1.165, 1.54) is 6.92 Å². The van der Waals surface area contributed by atoms with Crippen LogP contribution in [0.5, 0.6) is 0 Å². The summed E-state index contributed by atoms with van der Waals surface area (Å²) in [6.07, 6.45) is -0.927. The third-order valence-electron chi connectivity index (χ3n) is 2.60. The van der Waals surface area contributed by atoms with Gasteiger partial charge in [-0.05, 0) is 31.0 Å². The van der Waals surface area contributed by atoms with Gasteiger partial charge in [-0.25, -0.2) is 8.78 Å². The Kier molecular flexibility index (Phi) is 7.31. The number of hydrogen-bond acceptors (Lipinski definition) is 4. The van der Waals surface area contributed by atoms with E-state index >= 15 is 0 Å². The predicted octanol–water partition coefficient (Wildman–Crippen LogP) is 2.76. The minimum Gasteiger partial charge on any atom is -0.452 e. The number of esters is 1. The predicted molar refractivity (Wildman–Crippen MR) is 80.5 cm³/mol. The summed E-state index contributed by atoms with van der Waals surface area (Å²) in [7, 11) is 0. The van der Waals surface area contributed by atoms with E-state index in [0.717, 1.165) is 30.0 Å². The molecule has 1 atom stereocenters. The second kappa shape index (κ2) is 8.73. The Morgan fingerprint density at radius 3 is 2.59 bits per heavy atom. The molecule has 4 nitrogen and oxygen atoms in total. The van der Waals surface area contributed by atoms with Gasteiger partial charge in [0.1, 0.15) is 11.6 Å². The van der Waals surface area contributed by atoms with Crippen molar-refractivity contribution >= 4 is 23.6 Å². The van der Waals surface area contributed by atoms with Crippen molar-refractivity contribution in [3.8, 4) is 0 Å². The summed E-state index contributed by atoms with van der Waals surface area (Å²) in [6, 6.07) is 3.00. The van der Waals surface area contributed by atoms with E-state index in [2.05, 4.69) is 5.32 Å². The third-order valence-corrected chi connectivity index (χ3v) is 3.60. The van der Waals surface area contributed by atoms with Crippen molar-refractivity contribution in [3.63, 3.8) is 0 Å². The Morgan fingerprint density at radius 2 is 1.95 bits per heavy atom. The number of amides is 1. The SMILES string of the molecule is CC(C)CNC(=O)[C@@H](C)OC(=O)CSc1cc(F)ccc1F. The molecule has 0 bridgehead atoms. The van der Waals surface area contributed by atoms with E-state index in [-0.39, 0.29) is 16.6 Å². The molecule has 0 fully saturated rings. The quantitative estimate of drug-likeness (QED) is 0.617. The van der Waals surface area contributed by atoms with Gasteiger partial charge >= 0.3 is 5.97 Å². The maximum absolute atomic E-state index is 13.4. The first-order valence-electron chi connectivity index (χ1n) is 6.84. The molecule has 0 spiro atoms. The van der Waals surface area contributed by atoms with Crippen LogP contribution < -0.4 is 5.32 Å². The summed E-state index contributed by atoms with van der Waals surface area (Å²) in [5.41, 5.74) is 0. The molecule has 0 aromatic heterocycles. The molecule has 1 N–H and O–H groups in total. The number of halogens is 2. The number of carbonyl (C=O) groups is 2. The minimum absolute atomic E-state index is 0.0221. The number of rotatable bonds is 7. The molecule has 0 aliphatic rings. The molecule has 1 amide bonds. The maximum atomic E-state index is 13.4. The molecule has 0 aliphatic carbocycles. The highest BCUT2D eigenvalue weighted by Crippen LogP contribution is 2.22. The Bertz CT molecular complexity index is 538. The second-order valence-electron chi connectivity index (χ2n) is 5.13. The zero-order valence-corrected chi connectivity index (χ0v) is 13.5. The monoisotopic (exact) mass is 331 g/mol. The number of carbonyl (C=O) groups excluding carboxylic acids is 2. The Balaban J connectivity index is 2.42. The van der Waals surface area contributed by atoms with Crippen molar-refractivity contribution in [3.05, 3.63) is 29.8 Å². The van der Waals surface area contributed by atoms with Crippen LogP contribution in [0.25, 0.3) is 0 Å². The van der Waals surface area contributed by atoms with Crippen LogP contribution in [-0.4, -0.2) is 30.3 Å². The summed E-state index contributed by atoms with van der Waals surface area (Å²) >= 11 is 0.820. The fourth-order valence-electron chi connectivity index (χ4n) is 1.46. The van der Waals surface area contributed by atoms with Crippen molar-refractivity contribution in [2.45, 2.75) is 31.8 Å². The average Bonchev–Trinajstić information content (AvgIpc) is 2.45. The van der Waals surface area contributed by atoms with Gasteiger partial charge in [-0.15, -0.1) is 11.8 Å². The Labute approximate surface area is 132 Å². The van der Waals surface area contributed by atoms with E-state index in [0.29, 0.717) is 12.5 Å². The summed E-state index contributed by atoms with van der Waals surface area (Å²) < 4.78 is 31.3. The molecule has 122 valence electrons. The summed E-state index contributed by atoms with van der Waals surface area (Å²) in [4.78, 5) is 23.3. The van der Waals surface area contributed by atoms with Crippen LogP contribution in [0.2, 0.25) is 0 Å². The van der Waals surface area contributed by atoms with Gasteiger partial charge in [0.25, 0.3) is 5.91 Å². The second-order valence-corrected chi connectivity index (χ2v) is 6.15. The molecule has 0 saturated heterocycles. The topological polar surface area (TPSA) is 55.4 Å². The molecule has 1 aromatic carbocycles. The van der Waals surface area contributed by atoms with Crippen LogP contribution in [0.4, 0.5) is 8.78 Å². The maximum Gasteiger partial charge on any atom is 0.317 e. The molecule has 1 rings (SSSR count). The van der Waals surface area contributed by atoms with Crippen LogP contribution in [0.3, 0.4) is 0 Å². The highest BCUT2D eigenvalue weighted by molar-refractivity contribution is 8.00. The van der Waals surface area contributed by atoms with Crippen molar-refractivity contribution in [1.82, 2.24) is 5.32 Å².